The fraction of sp³-hybridized carbons (Fsp3) is 0.182. The molecular weight excluding hydrogens is 323 g/mol. The summed E-state index contributed by atoms with van der Waals surface area (Å²) in [6.45, 7) is 2.06. The van der Waals surface area contributed by atoms with E-state index in [1.54, 1.807) is 6.92 Å². The maximum absolute atomic E-state index is 11.0. The Morgan fingerprint density at radius 3 is 2.62 bits per heavy atom. The van der Waals surface area contributed by atoms with Crippen LogP contribution in [-0.4, -0.2) is 26.5 Å². The number of benzene rings is 1. The summed E-state index contributed by atoms with van der Waals surface area (Å²) in [5.41, 5.74) is -0.322. The van der Waals surface area contributed by atoms with Gasteiger partial charge in [-0.1, -0.05) is 11.6 Å². The van der Waals surface area contributed by atoms with Crippen molar-refractivity contribution in [3.05, 3.63) is 38.6 Å². The third kappa shape index (κ3) is 3.89. The molecule has 0 unspecified atom stereocenters. The molecule has 0 aliphatic heterocycles. The molecule has 10 heteroatoms. The second kappa shape index (κ2) is 6.51. The number of hydrogen-bond acceptors (Lipinski definition) is 7. The Morgan fingerprint density at radius 2 is 1.95 bits per heavy atom. The Balaban J connectivity index is 2.36. The zero-order valence-corrected chi connectivity index (χ0v) is 12.1. The monoisotopic (exact) mass is 330 g/mol. The molecule has 0 bridgehead atoms. The Bertz CT molecular complexity index is 683. The first-order valence-corrected chi connectivity index (χ1v) is 6.41. The molecule has 0 aliphatic rings. The Labute approximate surface area is 128 Å². The number of nitrogens with zero attached hydrogens (tertiary/aromatic N) is 4. The molecule has 0 spiro atoms. The summed E-state index contributed by atoms with van der Waals surface area (Å²) in [4.78, 5) is 21.6. The van der Waals surface area contributed by atoms with Crippen molar-refractivity contribution in [3.8, 4) is 17.8 Å². The summed E-state index contributed by atoms with van der Waals surface area (Å²) in [6.07, 6.45) is 0. The molecule has 2 rings (SSSR count). The SMILES string of the molecule is CCOc1nc(Cl)nc(Oc2ccc(Cl)cc2[N+](=O)[O-])n1. The van der Waals surface area contributed by atoms with Gasteiger partial charge < -0.3 is 9.47 Å². The van der Waals surface area contributed by atoms with E-state index >= 15 is 0 Å². The van der Waals surface area contributed by atoms with Crippen LogP contribution in [0.5, 0.6) is 17.8 Å². The van der Waals surface area contributed by atoms with E-state index in [9.17, 15) is 10.1 Å². The second-order valence-electron chi connectivity index (χ2n) is 3.57. The lowest BCUT2D eigenvalue weighted by Gasteiger charge is -2.06. The van der Waals surface area contributed by atoms with E-state index in [4.69, 9.17) is 32.7 Å². The lowest BCUT2D eigenvalue weighted by molar-refractivity contribution is -0.385. The van der Waals surface area contributed by atoms with Crippen LogP contribution < -0.4 is 9.47 Å². The first-order chi connectivity index (χ1) is 9.99. The highest BCUT2D eigenvalue weighted by molar-refractivity contribution is 6.30. The van der Waals surface area contributed by atoms with Crippen molar-refractivity contribution >= 4 is 28.9 Å². The van der Waals surface area contributed by atoms with Gasteiger partial charge in [-0.25, -0.2) is 0 Å². The summed E-state index contributed by atoms with van der Waals surface area (Å²) in [5, 5.41) is 11.0. The average molecular weight is 331 g/mol. The molecule has 1 aromatic heterocycles. The van der Waals surface area contributed by atoms with Crippen LogP contribution in [0, 0.1) is 10.1 Å². The maximum Gasteiger partial charge on any atom is 0.329 e. The van der Waals surface area contributed by atoms with Crippen molar-refractivity contribution in [2.75, 3.05) is 6.61 Å². The minimum absolute atomic E-state index is 0.0379. The van der Waals surface area contributed by atoms with Gasteiger partial charge in [0.25, 0.3) is 0 Å². The first kappa shape index (κ1) is 15.2. The van der Waals surface area contributed by atoms with Crippen molar-refractivity contribution in [3.63, 3.8) is 0 Å². The number of nitro benzene ring substituents is 1. The quantitative estimate of drug-likeness (QED) is 0.612. The normalized spacial score (nSPS) is 10.2. The third-order valence-corrected chi connectivity index (χ3v) is 2.56. The van der Waals surface area contributed by atoms with Gasteiger partial charge in [-0.15, -0.1) is 4.98 Å². The summed E-state index contributed by atoms with van der Waals surface area (Å²) in [7, 11) is 0. The fourth-order valence-corrected chi connectivity index (χ4v) is 1.68. The Kier molecular flexibility index (Phi) is 4.71. The number of ether oxygens (including phenoxy) is 2. The van der Waals surface area contributed by atoms with Gasteiger partial charge in [0.1, 0.15) is 0 Å². The molecule has 0 saturated heterocycles. The van der Waals surface area contributed by atoms with Crippen molar-refractivity contribution in [1.29, 1.82) is 0 Å². The summed E-state index contributed by atoms with van der Waals surface area (Å²) in [5.74, 6) is -0.0749. The van der Waals surface area contributed by atoms with Crippen LogP contribution in [0.3, 0.4) is 0 Å². The molecule has 8 nitrogen and oxygen atoms in total. The van der Waals surface area contributed by atoms with Crippen molar-refractivity contribution in [2.24, 2.45) is 0 Å². The molecule has 21 heavy (non-hydrogen) atoms. The van der Waals surface area contributed by atoms with Crippen LogP contribution in [0.1, 0.15) is 6.92 Å². The van der Waals surface area contributed by atoms with Crippen LogP contribution >= 0.6 is 23.2 Å². The van der Waals surface area contributed by atoms with Crippen molar-refractivity contribution in [2.45, 2.75) is 6.92 Å². The molecule has 1 aromatic carbocycles. The number of rotatable bonds is 5. The average Bonchev–Trinajstić information content (AvgIpc) is 2.40. The maximum atomic E-state index is 11.0. The van der Waals surface area contributed by atoms with E-state index in [1.807, 2.05) is 0 Å². The number of nitro groups is 1. The third-order valence-electron chi connectivity index (χ3n) is 2.16. The van der Waals surface area contributed by atoms with E-state index in [0.717, 1.165) is 6.07 Å². The van der Waals surface area contributed by atoms with Gasteiger partial charge in [0.15, 0.2) is 0 Å². The molecule has 0 radical (unpaired) electrons. The van der Waals surface area contributed by atoms with Gasteiger partial charge in [0, 0.05) is 11.1 Å². The van der Waals surface area contributed by atoms with Crippen LogP contribution in [0.2, 0.25) is 10.3 Å². The van der Waals surface area contributed by atoms with E-state index < -0.39 is 4.92 Å². The highest BCUT2D eigenvalue weighted by atomic mass is 35.5. The molecular formula is C11H8Cl2N4O4. The molecule has 0 fully saturated rings. The minimum atomic E-state index is -0.631. The molecule has 110 valence electrons. The minimum Gasteiger partial charge on any atom is -0.464 e. The van der Waals surface area contributed by atoms with Gasteiger partial charge in [-0.3, -0.25) is 10.1 Å². The van der Waals surface area contributed by atoms with Crippen molar-refractivity contribution in [1.82, 2.24) is 15.0 Å². The van der Waals surface area contributed by atoms with Crippen LogP contribution in [0.25, 0.3) is 0 Å². The number of aromatic nitrogens is 3. The van der Waals surface area contributed by atoms with Gasteiger partial charge in [-0.05, 0) is 30.7 Å². The summed E-state index contributed by atoms with van der Waals surface area (Å²) in [6, 6.07) is 3.67. The van der Waals surface area contributed by atoms with Crippen LogP contribution in [0.15, 0.2) is 18.2 Å². The van der Waals surface area contributed by atoms with Gasteiger partial charge in [0.2, 0.25) is 11.0 Å². The zero-order valence-electron chi connectivity index (χ0n) is 10.6. The molecule has 0 amide bonds. The first-order valence-electron chi connectivity index (χ1n) is 5.65. The lowest BCUT2D eigenvalue weighted by atomic mass is 10.3. The molecule has 0 atom stereocenters. The highest BCUT2D eigenvalue weighted by Gasteiger charge is 2.18. The standard InChI is InChI=1S/C11H8Cl2N4O4/c1-2-20-10-14-9(13)15-11(16-10)21-8-4-3-6(12)5-7(8)17(18)19/h3-5H,2H2,1H3. The molecule has 1 heterocycles. The van der Waals surface area contributed by atoms with E-state index in [1.165, 1.54) is 12.1 Å². The predicted octanol–water partition coefficient (Wildman–Crippen LogP) is 3.28. The highest BCUT2D eigenvalue weighted by Crippen LogP contribution is 2.32. The lowest BCUT2D eigenvalue weighted by Crippen LogP contribution is -2.02. The van der Waals surface area contributed by atoms with E-state index in [0.29, 0.717) is 6.61 Å². The molecule has 0 saturated carbocycles. The predicted molar refractivity (Wildman–Crippen MR) is 74.2 cm³/mol. The zero-order chi connectivity index (χ0) is 15.4. The largest absolute Gasteiger partial charge is 0.464 e. The molecule has 0 aliphatic carbocycles. The van der Waals surface area contributed by atoms with E-state index in [-0.39, 0.29) is 33.8 Å². The van der Waals surface area contributed by atoms with Crippen LogP contribution in [-0.2, 0) is 0 Å². The van der Waals surface area contributed by atoms with Gasteiger partial charge in [-0.2, -0.15) is 9.97 Å². The Hall–Kier alpha value is -2.19. The summed E-state index contributed by atoms with van der Waals surface area (Å²) >= 11 is 11.4. The second-order valence-corrected chi connectivity index (χ2v) is 4.35. The smallest absolute Gasteiger partial charge is 0.329 e. The van der Waals surface area contributed by atoms with Gasteiger partial charge in [0.05, 0.1) is 11.5 Å². The Morgan fingerprint density at radius 1 is 1.24 bits per heavy atom. The number of halogens is 2. The summed E-state index contributed by atoms with van der Waals surface area (Å²) < 4.78 is 10.3. The van der Waals surface area contributed by atoms with Crippen molar-refractivity contribution < 1.29 is 14.4 Å². The fourth-order valence-electron chi connectivity index (χ4n) is 1.37. The van der Waals surface area contributed by atoms with E-state index in [2.05, 4.69) is 15.0 Å². The molecule has 0 N–H and O–H groups in total. The topological polar surface area (TPSA) is 100 Å². The number of hydrogen-bond donors (Lipinski definition) is 0. The van der Waals surface area contributed by atoms with Crippen LogP contribution in [0.4, 0.5) is 5.69 Å². The van der Waals surface area contributed by atoms with Gasteiger partial charge >= 0.3 is 17.7 Å². The molecule has 2 aromatic rings.